The number of aromatic nitrogens is 2. The lowest BCUT2D eigenvalue weighted by Crippen LogP contribution is -2.33. The first-order valence-corrected chi connectivity index (χ1v) is 5.06. The maximum Gasteiger partial charge on any atom is 0.254 e. The number of nitrogens with two attached hydrogens (primary N) is 1. The number of rotatable bonds is 2. The molecule has 1 amide bonds. The topological polar surface area (TPSA) is 73.9 Å². The third kappa shape index (κ3) is 2.23. The van der Waals surface area contributed by atoms with Crippen LogP contribution in [0.15, 0.2) is 42.9 Å². The van der Waals surface area contributed by atoms with Gasteiger partial charge in [0.15, 0.2) is 18.6 Å². The highest BCUT2D eigenvalue weighted by Gasteiger charge is 2.14. The van der Waals surface area contributed by atoms with Gasteiger partial charge in [-0.2, -0.15) is 4.73 Å². The second kappa shape index (κ2) is 4.21. The maximum absolute atomic E-state index is 11.8. The lowest BCUT2D eigenvalue weighted by molar-refractivity contribution is -0.671. The van der Waals surface area contributed by atoms with Crippen LogP contribution in [0.4, 0.5) is 0 Å². The Morgan fingerprint density at radius 3 is 2.65 bits per heavy atom. The standard InChI is InChI=1S/C12H11N3O2/c1-14-6-2-3-9(7-14)11-5-4-10(12(13)16)8-15(11)17/h2-8H,1H3,(H-,13,16)/p+1. The normalized spacial score (nSPS) is 10.2. The molecule has 0 spiro atoms. The van der Waals surface area contributed by atoms with Crippen molar-refractivity contribution in [3.05, 3.63) is 53.6 Å². The van der Waals surface area contributed by atoms with Crippen LogP contribution in [-0.2, 0) is 7.05 Å². The summed E-state index contributed by atoms with van der Waals surface area (Å²) in [5, 5.41) is 11.8. The Kier molecular flexibility index (Phi) is 2.74. The van der Waals surface area contributed by atoms with E-state index in [9.17, 15) is 10.0 Å². The Balaban J connectivity index is 2.50. The number of amides is 1. The molecule has 0 saturated heterocycles. The second-order valence-electron chi connectivity index (χ2n) is 3.75. The van der Waals surface area contributed by atoms with Gasteiger partial charge in [-0.25, -0.2) is 4.57 Å². The highest BCUT2D eigenvalue weighted by atomic mass is 16.5. The van der Waals surface area contributed by atoms with Crippen LogP contribution in [0, 0.1) is 5.21 Å². The number of primary amides is 1. The van der Waals surface area contributed by atoms with Crippen LogP contribution in [0.2, 0.25) is 0 Å². The zero-order valence-corrected chi connectivity index (χ0v) is 9.33. The van der Waals surface area contributed by atoms with Crippen LogP contribution in [0.3, 0.4) is 0 Å². The van der Waals surface area contributed by atoms with Crippen molar-refractivity contribution in [2.45, 2.75) is 0 Å². The number of carbonyl (C=O) groups excluding carboxylic acids is 1. The molecular weight excluding hydrogens is 218 g/mol. The number of carbonyl (C=O) groups is 1. The summed E-state index contributed by atoms with van der Waals surface area (Å²) in [7, 11) is 1.87. The molecule has 2 rings (SSSR count). The van der Waals surface area contributed by atoms with Gasteiger partial charge in [-0.3, -0.25) is 4.79 Å². The second-order valence-corrected chi connectivity index (χ2v) is 3.75. The SMILES string of the molecule is C[n+]1cccc(-c2ccc(C(N)=O)c[n+]2[O-])c1. The first-order chi connectivity index (χ1) is 8.08. The van der Waals surface area contributed by atoms with Gasteiger partial charge in [0.25, 0.3) is 5.91 Å². The van der Waals surface area contributed by atoms with E-state index in [1.54, 1.807) is 12.1 Å². The average Bonchev–Trinajstić information content (AvgIpc) is 2.28. The molecule has 0 aromatic carbocycles. The Labute approximate surface area is 98.3 Å². The predicted octanol–water partition coefficient (Wildman–Crippen LogP) is -0.0896. The fraction of sp³-hybridized carbons (Fsp3) is 0.0833. The number of hydrogen-bond donors (Lipinski definition) is 1. The molecule has 0 aliphatic heterocycles. The first-order valence-electron chi connectivity index (χ1n) is 5.06. The monoisotopic (exact) mass is 230 g/mol. The van der Waals surface area contributed by atoms with Crippen LogP contribution >= 0.6 is 0 Å². The van der Waals surface area contributed by atoms with Gasteiger partial charge in [0.2, 0.25) is 5.69 Å². The third-order valence-electron chi connectivity index (χ3n) is 2.43. The molecule has 0 bridgehead atoms. The highest BCUT2D eigenvalue weighted by molar-refractivity contribution is 5.92. The zero-order valence-electron chi connectivity index (χ0n) is 9.33. The van der Waals surface area contributed by atoms with Crippen molar-refractivity contribution in [1.82, 2.24) is 0 Å². The van der Waals surface area contributed by atoms with Gasteiger partial charge in [-0.1, -0.05) is 0 Å². The lowest BCUT2D eigenvalue weighted by atomic mass is 10.1. The van der Waals surface area contributed by atoms with Gasteiger partial charge >= 0.3 is 0 Å². The molecule has 86 valence electrons. The zero-order chi connectivity index (χ0) is 12.4. The molecule has 0 saturated carbocycles. The van der Waals surface area contributed by atoms with E-state index >= 15 is 0 Å². The lowest BCUT2D eigenvalue weighted by Gasteiger charge is -2.04. The Hall–Kier alpha value is -2.43. The van der Waals surface area contributed by atoms with Gasteiger partial charge in [-0.15, -0.1) is 0 Å². The molecule has 5 nitrogen and oxygen atoms in total. The number of nitrogens with zero attached hydrogens (tertiary/aromatic N) is 2. The molecule has 2 heterocycles. The summed E-state index contributed by atoms with van der Waals surface area (Å²) in [6.45, 7) is 0. The Morgan fingerprint density at radius 1 is 1.29 bits per heavy atom. The molecule has 17 heavy (non-hydrogen) atoms. The van der Waals surface area contributed by atoms with Gasteiger partial charge in [0, 0.05) is 12.1 Å². The van der Waals surface area contributed by atoms with Crippen LogP contribution in [0.25, 0.3) is 11.3 Å². The quantitative estimate of drug-likeness (QED) is 0.578. The van der Waals surface area contributed by atoms with E-state index in [-0.39, 0.29) is 5.56 Å². The molecule has 0 unspecified atom stereocenters. The summed E-state index contributed by atoms with van der Waals surface area (Å²) < 4.78 is 2.49. The fourth-order valence-corrected chi connectivity index (χ4v) is 1.59. The van der Waals surface area contributed by atoms with E-state index in [2.05, 4.69) is 0 Å². The molecule has 0 aliphatic carbocycles. The van der Waals surface area contributed by atoms with Crippen molar-refractivity contribution in [1.29, 1.82) is 0 Å². The smallest absolute Gasteiger partial charge is 0.254 e. The molecular formula is C12H12N3O2+. The number of hydrogen-bond acceptors (Lipinski definition) is 2. The minimum Gasteiger partial charge on any atom is -0.618 e. The molecule has 0 atom stereocenters. The minimum absolute atomic E-state index is 0.198. The summed E-state index contributed by atoms with van der Waals surface area (Å²) in [4.78, 5) is 10.9. The van der Waals surface area contributed by atoms with Gasteiger partial charge in [0.05, 0.1) is 0 Å². The fourth-order valence-electron chi connectivity index (χ4n) is 1.59. The summed E-state index contributed by atoms with van der Waals surface area (Å²) >= 11 is 0. The molecule has 2 aromatic heterocycles. The first kappa shape index (κ1) is 11.1. The third-order valence-corrected chi connectivity index (χ3v) is 2.43. The van der Waals surface area contributed by atoms with E-state index in [0.717, 1.165) is 5.56 Å². The average molecular weight is 230 g/mol. The van der Waals surface area contributed by atoms with Gasteiger partial charge in [-0.05, 0) is 12.1 Å². The largest absolute Gasteiger partial charge is 0.618 e. The summed E-state index contributed by atoms with van der Waals surface area (Å²) in [6, 6.07) is 6.80. The molecule has 0 fully saturated rings. The minimum atomic E-state index is -0.611. The molecule has 2 N–H and O–H groups in total. The van der Waals surface area contributed by atoms with Crippen LogP contribution in [-0.4, -0.2) is 5.91 Å². The van der Waals surface area contributed by atoms with Crippen molar-refractivity contribution >= 4 is 5.91 Å². The van der Waals surface area contributed by atoms with E-state index in [1.165, 1.54) is 6.20 Å². The van der Waals surface area contributed by atoms with Crippen LogP contribution in [0.1, 0.15) is 10.4 Å². The summed E-state index contributed by atoms with van der Waals surface area (Å²) in [5.41, 5.74) is 6.56. The predicted molar refractivity (Wildman–Crippen MR) is 60.5 cm³/mol. The number of pyridine rings is 2. The van der Waals surface area contributed by atoms with Gasteiger partial charge in [0.1, 0.15) is 18.2 Å². The summed E-state index contributed by atoms with van der Waals surface area (Å²) in [5.74, 6) is -0.611. The van der Waals surface area contributed by atoms with E-state index in [4.69, 9.17) is 5.73 Å². The van der Waals surface area contributed by atoms with Gasteiger partial charge < -0.3 is 10.9 Å². The van der Waals surface area contributed by atoms with Crippen LogP contribution in [0.5, 0.6) is 0 Å². The van der Waals surface area contributed by atoms with Crippen molar-refractivity contribution in [2.75, 3.05) is 0 Å². The van der Waals surface area contributed by atoms with E-state index in [0.29, 0.717) is 10.4 Å². The number of aryl methyl sites for hydroxylation is 1. The van der Waals surface area contributed by atoms with Crippen LogP contribution < -0.4 is 15.0 Å². The van der Waals surface area contributed by atoms with Crippen molar-refractivity contribution in [3.8, 4) is 11.3 Å². The Morgan fingerprint density at radius 2 is 2.06 bits per heavy atom. The van der Waals surface area contributed by atoms with Crippen molar-refractivity contribution < 1.29 is 14.1 Å². The van der Waals surface area contributed by atoms with E-state index in [1.807, 2.05) is 36.1 Å². The molecule has 5 heteroatoms. The summed E-state index contributed by atoms with van der Waals surface area (Å²) in [6.07, 6.45) is 4.88. The Bertz CT molecular complexity index is 582. The highest BCUT2D eigenvalue weighted by Crippen LogP contribution is 2.12. The molecule has 0 radical (unpaired) electrons. The van der Waals surface area contributed by atoms with Crippen molar-refractivity contribution in [2.24, 2.45) is 12.8 Å². The van der Waals surface area contributed by atoms with E-state index < -0.39 is 5.91 Å². The molecule has 0 aliphatic rings. The maximum atomic E-state index is 11.8. The molecule has 2 aromatic rings. The van der Waals surface area contributed by atoms with Crippen molar-refractivity contribution in [3.63, 3.8) is 0 Å².